The number of hydrogen-bond acceptors (Lipinski definition) is 4. The molecule has 0 aliphatic carbocycles. The Morgan fingerprint density at radius 1 is 0.950 bits per heavy atom. The molecule has 0 amide bonds. The number of carbonyl (C=O) groups excluding carboxylic acids is 2. The lowest BCUT2D eigenvalue weighted by molar-refractivity contribution is -0.137. The zero-order chi connectivity index (χ0) is 14.4. The number of para-hydroxylation sites is 2. The van der Waals surface area contributed by atoms with Gasteiger partial charge in [0.2, 0.25) is 0 Å². The zero-order valence-corrected chi connectivity index (χ0v) is 11.0. The van der Waals surface area contributed by atoms with E-state index in [1.165, 1.54) is 6.07 Å². The Kier molecular flexibility index (Phi) is 4.50. The topological polar surface area (TPSA) is 52.6 Å². The van der Waals surface area contributed by atoms with E-state index in [1.807, 2.05) is 18.2 Å². The molecular formula is C16H14O4. The van der Waals surface area contributed by atoms with E-state index in [0.29, 0.717) is 11.5 Å². The summed E-state index contributed by atoms with van der Waals surface area (Å²) < 4.78 is 10.3. The Labute approximate surface area is 116 Å². The first kappa shape index (κ1) is 13.8. The Bertz CT molecular complexity index is 605. The van der Waals surface area contributed by atoms with Crippen LogP contribution in [0.15, 0.2) is 54.6 Å². The standard InChI is InChI=1S/C16H14O4/c1-2-19-16(18)15(17)13-10-6-7-11-14(13)20-12-8-4-3-5-9-12/h3-11H,2H2,1H3. The third kappa shape index (κ3) is 3.23. The van der Waals surface area contributed by atoms with Gasteiger partial charge in [0.15, 0.2) is 0 Å². The lowest BCUT2D eigenvalue weighted by Crippen LogP contribution is -2.18. The first-order valence-corrected chi connectivity index (χ1v) is 6.25. The first-order valence-electron chi connectivity index (χ1n) is 6.25. The smallest absolute Gasteiger partial charge is 0.379 e. The van der Waals surface area contributed by atoms with E-state index >= 15 is 0 Å². The Hall–Kier alpha value is -2.62. The van der Waals surface area contributed by atoms with Crippen molar-refractivity contribution in [3.8, 4) is 11.5 Å². The number of Topliss-reactive ketones (excluding diaryl/α,β-unsaturated/α-hetero) is 1. The van der Waals surface area contributed by atoms with Gasteiger partial charge < -0.3 is 9.47 Å². The van der Waals surface area contributed by atoms with Gasteiger partial charge in [-0.15, -0.1) is 0 Å². The van der Waals surface area contributed by atoms with Crippen molar-refractivity contribution in [2.24, 2.45) is 0 Å². The molecule has 0 atom stereocenters. The third-order valence-electron chi connectivity index (χ3n) is 2.56. The quantitative estimate of drug-likeness (QED) is 0.475. The third-order valence-corrected chi connectivity index (χ3v) is 2.56. The van der Waals surface area contributed by atoms with Crippen LogP contribution >= 0.6 is 0 Å². The van der Waals surface area contributed by atoms with Crippen molar-refractivity contribution in [2.45, 2.75) is 6.92 Å². The number of rotatable bonds is 5. The van der Waals surface area contributed by atoms with Crippen LogP contribution in [0, 0.1) is 0 Å². The van der Waals surface area contributed by atoms with Crippen molar-refractivity contribution < 1.29 is 19.1 Å². The summed E-state index contributed by atoms with van der Waals surface area (Å²) in [5.74, 6) is -0.664. The van der Waals surface area contributed by atoms with Crippen LogP contribution in [0.3, 0.4) is 0 Å². The van der Waals surface area contributed by atoms with Crippen molar-refractivity contribution in [1.29, 1.82) is 0 Å². The first-order chi connectivity index (χ1) is 9.72. The number of esters is 1. The molecule has 0 spiro atoms. The van der Waals surface area contributed by atoms with Gasteiger partial charge in [-0.05, 0) is 31.2 Å². The summed E-state index contributed by atoms with van der Waals surface area (Å²) >= 11 is 0. The van der Waals surface area contributed by atoms with Crippen LogP contribution in [0.2, 0.25) is 0 Å². The maximum absolute atomic E-state index is 12.0. The number of carbonyl (C=O) groups is 2. The normalized spacial score (nSPS) is 9.85. The van der Waals surface area contributed by atoms with E-state index in [0.717, 1.165) is 0 Å². The molecule has 4 nitrogen and oxygen atoms in total. The molecule has 0 fully saturated rings. The highest BCUT2D eigenvalue weighted by Crippen LogP contribution is 2.25. The highest BCUT2D eigenvalue weighted by atomic mass is 16.5. The van der Waals surface area contributed by atoms with E-state index in [9.17, 15) is 9.59 Å². The highest BCUT2D eigenvalue weighted by Gasteiger charge is 2.21. The fourth-order valence-corrected chi connectivity index (χ4v) is 1.67. The van der Waals surface area contributed by atoms with E-state index in [4.69, 9.17) is 9.47 Å². The molecule has 4 heteroatoms. The van der Waals surface area contributed by atoms with Crippen molar-refractivity contribution in [2.75, 3.05) is 6.61 Å². The monoisotopic (exact) mass is 270 g/mol. The maximum Gasteiger partial charge on any atom is 0.379 e. The van der Waals surface area contributed by atoms with Crippen molar-refractivity contribution >= 4 is 11.8 Å². The Morgan fingerprint density at radius 3 is 2.30 bits per heavy atom. The second kappa shape index (κ2) is 6.52. The van der Waals surface area contributed by atoms with Crippen LogP contribution in [-0.4, -0.2) is 18.4 Å². The van der Waals surface area contributed by atoms with Gasteiger partial charge in [-0.1, -0.05) is 30.3 Å². The number of benzene rings is 2. The number of ketones is 1. The number of hydrogen-bond donors (Lipinski definition) is 0. The van der Waals surface area contributed by atoms with Crippen LogP contribution in [0.25, 0.3) is 0 Å². The summed E-state index contributed by atoms with van der Waals surface area (Å²) in [7, 11) is 0. The highest BCUT2D eigenvalue weighted by molar-refractivity contribution is 6.41. The maximum atomic E-state index is 12.0. The van der Waals surface area contributed by atoms with Crippen LogP contribution in [0.1, 0.15) is 17.3 Å². The molecular weight excluding hydrogens is 256 g/mol. The van der Waals surface area contributed by atoms with E-state index in [-0.39, 0.29) is 12.2 Å². The van der Waals surface area contributed by atoms with Crippen molar-refractivity contribution in [3.63, 3.8) is 0 Å². The summed E-state index contributed by atoms with van der Waals surface area (Å²) in [4.78, 5) is 23.5. The van der Waals surface area contributed by atoms with Gasteiger partial charge in [-0.3, -0.25) is 4.79 Å². The van der Waals surface area contributed by atoms with Gasteiger partial charge in [0.05, 0.1) is 12.2 Å². The zero-order valence-electron chi connectivity index (χ0n) is 11.0. The fraction of sp³-hybridized carbons (Fsp3) is 0.125. The molecule has 2 aromatic carbocycles. The predicted octanol–water partition coefficient (Wildman–Crippen LogP) is 3.22. The van der Waals surface area contributed by atoms with Crippen LogP contribution in [0.4, 0.5) is 0 Å². The molecule has 0 bridgehead atoms. The van der Waals surface area contributed by atoms with E-state index in [2.05, 4.69) is 0 Å². The molecule has 0 saturated carbocycles. The molecule has 2 rings (SSSR count). The SMILES string of the molecule is CCOC(=O)C(=O)c1ccccc1Oc1ccccc1. The minimum atomic E-state index is -0.878. The molecule has 102 valence electrons. The van der Waals surface area contributed by atoms with E-state index in [1.54, 1.807) is 37.3 Å². The Morgan fingerprint density at radius 2 is 1.60 bits per heavy atom. The molecule has 2 aromatic rings. The summed E-state index contributed by atoms with van der Waals surface area (Å²) in [5.41, 5.74) is 0.190. The summed E-state index contributed by atoms with van der Waals surface area (Å²) in [6, 6.07) is 15.6. The predicted molar refractivity (Wildman–Crippen MR) is 73.9 cm³/mol. The van der Waals surface area contributed by atoms with Gasteiger partial charge in [-0.25, -0.2) is 4.79 Å². The molecule has 20 heavy (non-hydrogen) atoms. The number of ether oxygens (including phenoxy) is 2. The van der Waals surface area contributed by atoms with Gasteiger partial charge in [0.25, 0.3) is 5.78 Å². The van der Waals surface area contributed by atoms with Crippen molar-refractivity contribution in [3.05, 3.63) is 60.2 Å². The molecule has 0 N–H and O–H groups in total. The average Bonchev–Trinajstić information content (AvgIpc) is 2.48. The molecule has 0 saturated heterocycles. The lowest BCUT2D eigenvalue weighted by Gasteiger charge is -2.09. The molecule has 0 unspecified atom stereocenters. The second-order valence-corrected chi connectivity index (χ2v) is 3.96. The van der Waals surface area contributed by atoms with Gasteiger partial charge in [-0.2, -0.15) is 0 Å². The van der Waals surface area contributed by atoms with Crippen molar-refractivity contribution in [1.82, 2.24) is 0 Å². The van der Waals surface area contributed by atoms with Crippen LogP contribution in [-0.2, 0) is 9.53 Å². The molecule has 0 aliphatic heterocycles. The summed E-state index contributed by atoms with van der Waals surface area (Å²) in [6.07, 6.45) is 0. The van der Waals surface area contributed by atoms with Gasteiger partial charge >= 0.3 is 5.97 Å². The summed E-state index contributed by atoms with van der Waals surface area (Å²) in [5, 5.41) is 0. The second-order valence-electron chi connectivity index (χ2n) is 3.96. The average molecular weight is 270 g/mol. The molecule has 0 radical (unpaired) electrons. The summed E-state index contributed by atoms with van der Waals surface area (Å²) in [6.45, 7) is 1.81. The minimum Gasteiger partial charge on any atom is -0.460 e. The minimum absolute atomic E-state index is 0.159. The van der Waals surface area contributed by atoms with Crippen LogP contribution in [0.5, 0.6) is 11.5 Å². The van der Waals surface area contributed by atoms with Gasteiger partial charge in [0, 0.05) is 0 Å². The van der Waals surface area contributed by atoms with Gasteiger partial charge in [0.1, 0.15) is 11.5 Å². The largest absolute Gasteiger partial charge is 0.460 e. The fourth-order valence-electron chi connectivity index (χ4n) is 1.67. The van der Waals surface area contributed by atoms with E-state index < -0.39 is 11.8 Å². The lowest BCUT2D eigenvalue weighted by atomic mass is 10.1. The molecule has 0 aliphatic rings. The molecule has 0 heterocycles. The molecule has 0 aromatic heterocycles. The Balaban J connectivity index is 2.27. The van der Waals surface area contributed by atoms with Crippen LogP contribution < -0.4 is 4.74 Å².